The molecular weight excluding hydrogens is 296 g/mol. The molecule has 20 heavy (non-hydrogen) atoms. The van der Waals surface area contributed by atoms with E-state index in [0.29, 0.717) is 27.5 Å². The van der Waals surface area contributed by atoms with Crippen LogP contribution in [0.2, 0.25) is 0 Å². The van der Waals surface area contributed by atoms with Gasteiger partial charge in [-0.15, -0.1) is 10.2 Å². The largest absolute Gasteiger partial charge is 0.492 e. The van der Waals surface area contributed by atoms with Crippen LogP contribution in [0.5, 0.6) is 5.75 Å². The third kappa shape index (κ3) is 4.10. The third-order valence-electron chi connectivity index (χ3n) is 2.21. The molecule has 1 heterocycles. The standard InChI is InChI=1S/C12H14N4O2S2/c1-2-18-9-6-4-3-5-8(9)14-10(17)7-19-12-16-15-11(13)20-12/h3-6H,2,7H2,1H3,(H2,13,15)(H,14,17). The predicted molar refractivity (Wildman–Crippen MR) is 81.3 cm³/mol. The molecule has 1 aromatic heterocycles. The number of hydrogen-bond donors (Lipinski definition) is 2. The minimum atomic E-state index is -0.129. The second-order valence-corrected chi connectivity index (χ2v) is 5.90. The van der Waals surface area contributed by atoms with Crippen molar-refractivity contribution in [1.29, 1.82) is 0 Å². The van der Waals surface area contributed by atoms with E-state index in [0.717, 1.165) is 0 Å². The average molecular weight is 310 g/mol. The van der Waals surface area contributed by atoms with E-state index >= 15 is 0 Å². The number of nitrogen functional groups attached to an aromatic ring is 1. The lowest BCUT2D eigenvalue weighted by Crippen LogP contribution is -2.14. The number of ether oxygens (including phenoxy) is 1. The highest BCUT2D eigenvalue weighted by molar-refractivity contribution is 8.01. The van der Waals surface area contributed by atoms with Crippen LogP contribution >= 0.6 is 23.1 Å². The molecular formula is C12H14N4O2S2. The highest BCUT2D eigenvalue weighted by Crippen LogP contribution is 2.26. The summed E-state index contributed by atoms with van der Waals surface area (Å²) in [5, 5.41) is 10.7. The van der Waals surface area contributed by atoms with E-state index in [2.05, 4.69) is 15.5 Å². The number of carbonyl (C=O) groups is 1. The smallest absolute Gasteiger partial charge is 0.234 e. The van der Waals surface area contributed by atoms with Gasteiger partial charge in [-0.05, 0) is 19.1 Å². The first kappa shape index (κ1) is 14.6. The summed E-state index contributed by atoms with van der Waals surface area (Å²) >= 11 is 2.56. The second kappa shape index (κ2) is 7.11. The molecule has 0 saturated heterocycles. The van der Waals surface area contributed by atoms with Crippen LogP contribution in [0, 0.1) is 0 Å². The topological polar surface area (TPSA) is 90.1 Å². The first-order valence-electron chi connectivity index (χ1n) is 5.92. The normalized spacial score (nSPS) is 10.2. The molecule has 0 spiro atoms. The van der Waals surface area contributed by atoms with E-state index < -0.39 is 0 Å². The Labute approximate surface area is 124 Å². The summed E-state index contributed by atoms with van der Waals surface area (Å²) in [6.07, 6.45) is 0. The number of nitrogens with two attached hydrogens (primary N) is 1. The highest BCUT2D eigenvalue weighted by Gasteiger charge is 2.09. The zero-order chi connectivity index (χ0) is 14.4. The molecule has 1 amide bonds. The van der Waals surface area contributed by atoms with Crippen molar-refractivity contribution in [2.45, 2.75) is 11.3 Å². The molecule has 8 heteroatoms. The molecule has 2 aromatic rings. The van der Waals surface area contributed by atoms with Gasteiger partial charge in [-0.25, -0.2) is 0 Å². The van der Waals surface area contributed by atoms with Gasteiger partial charge in [-0.2, -0.15) is 0 Å². The number of anilines is 2. The zero-order valence-electron chi connectivity index (χ0n) is 10.8. The van der Waals surface area contributed by atoms with Crippen LogP contribution in [0.1, 0.15) is 6.92 Å². The van der Waals surface area contributed by atoms with E-state index in [9.17, 15) is 4.79 Å². The summed E-state index contributed by atoms with van der Waals surface area (Å²) in [6.45, 7) is 2.44. The van der Waals surface area contributed by atoms with Gasteiger partial charge in [0.15, 0.2) is 4.34 Å². The lowest BCUT2D eigenvalue weighted by molar-refractivity contribution is -0.113. The third-order valence-corrected chi connectivity index (χ3v) is 4.10. The fourth-order valence-corrected chi connectivity index (χ4v) is 2.88. The Hall–Kier alpha value is -1.80. The van der Waals surface area contributed by atoms with Crippen LogP contribution in [0.4, 0.5) is 10.8 Å². The van der Waals surface area contributed by atoms with Crippen molar-refractivity contribution >= 4 is 39.8 Å². The van der Waals surface area contributed by atoms with Gasteiger partial charge in [0.05, 0.1) is 18.0 Å². The molecule has 6 nitrogen and oxygen atoms in total. The van der Waals surface area contributed by atoms with E-state index in [4.69, 9.17) is 10.5 Å². The molecule has 106 valence electrons. The maximum Gasteiger partial charge on any atom is 0.234 e. The monoisotopic (exact) mass is 310 g/mol. The molecule has 3 N–H and O–H groups in total. The molecule has 0 atom stereocenters. The van der Waals surface area contributed by atoms with Gasteiger partial charge in [-0.1, -0.05) is 35.2 Å². The first-order valence-corrected chi connectivity index (χ1v) is 7.72. The predicted octanol–water partition coefficient (Wildman–Crippen LogP) is 2.25. The van der Waals surface area contributed by atoms with E-state index in [1.807, 2.05) is 25.1 Å². The lowest BCUT2D eigenvalue weighted by atomic mass is 10.3. The maximum atomic E-state index is 11.9. The zero-order valence-corrected chi connectivity index (χ0v) is 12.5. The van der Waals surface area contributed by atoms with Gasteiger partial charge in [-0.3, -0.25) is 4.79 Å². The molecule has 0 aliphatic carbocycles. The summed E-state index contributed by atoms with van der Waals surface area (Å²) in [5.74, 6) is 0.777. The summed E-state index contributed by atoms with van der Waals surface area (Å²) in [4.78, 5) is 11.9. The molecule has 0 aliphatic heterocycles. The van der Waals surface area contributed by atoms with Crippen molar-refractivity contribution in [2.24, 2.45) is 0 Å². The fourth-order valence-electron chi connectivity index (χ4n) is 1.44. The Morgan fingerprint density at radius 1 is 1.45 bits per heavy atom. The van der Waals surface area contributed by atoms with Crippen molar-refractivity contribution in [3.8, 4) is 5.75 Å². The Kier molecular flexibility index (Phi) is 5.19. The maximum absolute atomic E-state index is 11.9. The summed E-state index contributed by atoms with van der Waals surface area (Å²) in [6, 6.07) is 7.32. The van der Waals surface area contributed by atoms with Crippen molar-refractivity contribution in [3.05, 3.63) is 24.3 Å². The molecule has 0 fully saturated rings. The number of carbonyl (C=O) groups excluding carboxylic acids is 1. The van der Waals surface area contributed by atoms with Crippen molar-refractivity contribution in [1.82, 2.24) is 10.2 Å². The molecule has 0 aliphatic rings. The Balaban J connectivity index is 1.91. The summed E-state index contributed by atoms with van der Waals surface area (Å²) in [5.41, 5.74) is 6.14. The van der Waals surface area contributed by atoms with Crippen LogP contribution in [0.3, 0.4) is 0 Å². The number of rotatable bonds is 6. The Bertz CT molecular complexity index is 588. The van der Waals surface area contributed by atoms with Crippen LogP contribution in [-0.2, 0) is 4.79 Å². The van der Waals surface area contributed by atoms with Gasteiger partial charge in [0.1, 0.15) is 5.75 Å². The number of amides is 1. The van der Waals surface area contributed by atoms with Crippen LogP contribution in [0.15, 0.2) is 28.6 Å². The Morgan fingerprint density at radius 2 is 2.25 bits per heavy atom. The van der Waals surface area contributed by atoms with E-state index in [-0.39, 0.29) is 11.7 Å². The fraction of sp³-hybridized carbons (Fsp3) is 0.250. The van der Waals surface area contributed by atoms with Crippen LogP contribution in [-0.4, -0.2) is 28.5 Å². The minimum absolute atomic E-state index is 0.129. The van der Waals surface area contributed by atoms with Gasteiger partial charge < -0.3 is 15.8 Å². The first-order chi connectivity index (χ1) is 9.69. The summed E-state index contributed by atoms with van der Waals surface area (Å²) in [7, 11) is 0. The molecule has 2 rings (SSSR count). The van der Waals surface area contributed by atoms with Crippen molar-refractivity contribution in [2.75, 3.05) is 23.4 Å². The summed E-state index contributed by atoms with van der Waals surface area (Å²) < 4.78 is 6.12. The molecule has 0 radical (unpaired) electrons. The number of nitrogens with zero attached hydrogens (tertiary/aromatic N) is 2. The van der Waals surface area contributed by atoms with Crippen LogP contribution < -0.4 is 15.8 Å². The van der Waals surface area contributed by atoms with E-state index in [1.54, 1.807) is 6.07 Å². The number of nitrogens with one attached hydrogen (secondary N) is 1. The second-order valence-electron chi connectivity index (χ2n) is 3.67. The Morgan fingerprint density at radius 3 is 2.95 bits per heavy atom. The lowest BCUT2D eigenvalue weighted by Gasteiger charge is -2.10. The molecule has 0 unspecified atom stereocenters. The minimum Gasteiger partial charge on any atom is -0.492 e. The van der Waals surface area contributed by atoms with Gasteiger partial charge in [0.2, 0.25) is 11.0 Å². The highest BCUT2D eigenvalue weighted by atomic mass is 32.2. The van der Waals surface area contributed by atoms with Crippen molar-refractivity contribution < 1.29 is 9.53 Å². The molecule has 1 aromatic carbocycles. The molecule has 0 saturated carbocycles. The number of thioether (sulfide) groups is 1. The number of aromatic nitrogens is 2. The van der Waals surface area contributed by atoms with Gasteiger partial charge in [0.25, 0.3) is 0 Å². The van der Waals surface area contributed by atoms with E-state index in [1.165, 1.54) is 23.1 Å². The van der Waals surface area contributed by atoms with Gasteiger partial charge >= 0.3 is 0 Å². The van der Waals surface area contributed by atoms with Gasteiger partial charge in [0, 0.05) is 0 Å². The number of benzene rings is 1. The average Bonchev–Trinajstić information content (AvgIpc) is 2.85. The SMILES string of the molecule is CCOc1ccccc1NC(=O)CSc1nnc(N)s1. The molecule has 0 bridgehead atoms. The number of para-hydroxylation sites is 2. The van der Waals surface area contributed by atoms with Crippen molar-refractivity contribution in [3.63, 3.8) is 0 Å². The quantitative estimate of drug-likeness (QED) is 0.795. The van der Waals surface area contributed by atoms with Crippen LogP contribution in [0.25, 0.3) is 0 Å². The number of hydrogen-bond acceptors (Lipinski definition) is 7.